The van der Waals surface area contributed by atoms with Crippen molar-refractivity contribution >= 4 is 43.2 Å². The Bertz CT molecular complexity index is 1940. The number of hydrogen-bond acceptors (Lipinski definition) is 4. The fourth-order valence-electron chi connectivity index (χ4n) is 4.90. The van der Waals surface area contributed by atoms with Gasteiger partial charge in [0.2, 0.25) is 4.83 Å². The Hall–Kier alpha value is -4.81. The lowest BCUT2D eigenvalue weighted by atomic mass is 10.0. The normalized spacial score (nSPS) is 11.5. The summed E-state index contributed by atoms with van der Waals surface area (Å²) in [5.41, 5.74) is 3.66. The van der Waals surface area contributed by atoms with E-state index in [-0.39, 0.29) is 17.2 Å². The molecule has 176 valence electrons. The average Bonchev–Trinajstić information content (AvgIpc) is 3.48. The van der Waals surface area contributed by atoms with Gasteiger partial charge in [-0.05, 0) is 47.3 Å². The number of rotatable bonds is 4. The van der Waals surface area contributed by atoms with Crippen LogP contribution in [0.2, 0.25) is 0 Å². The molecule has 0 N–H and O–H groups in total. The summed E-state index contributed by atoms with van der Waals surface area (Å²) in [5, 5.41) is 14.7. The minimum Gasteiger partial charge on any atom is -0.859 e. The molecule has 0 radical (unpaired) electrons. The van der Waals surface area contributed by atoms with Crippen LogP contribution in [0.4, 0.5) is 0 Å². The van der Waals surface area contributed by atoms with E-state index in [9.17, 15) is 9.90 Å². The van der Waals surface area contributed by atoms with E-state index in [1.807, 2.05) is 97.1 Å². The van der Waals surface area contributed by atoms with Crippen LogP contribution in [0.25, 0.3) is 43.2 Å². The van der Waals surface area contributed by atoms with Crippen molar-refractivity contribution in [2.24, 2.45) is 0 Å². The molecular formula is C31H19N3O2S. The number of benzene rings is 4. The topological polar surface area (TPSA) is 62.0 Å². The Morgan fingerprint density at radius 1 is 0.784 bits per heavy atom. The van der Waals surface area contributed by atoms with Crippen LogP contribution in [-0.4, -0.2) is 15.3 Å². The monoisotopic (exact) mass is 497 g/mol. The maximum atomic E-state index is 14.1. The molecule has 0 aliphatic carbocycles. The minimum absolute atomic E-state index is 0.140. The second kappa shape index (κ2) is 8.40. The van der Waals surface area contributed by atoms with Crippen molar-refractivity contribution in [3.8, 4) is 23.0 Å². The summed E-state index contributed by atoms with van der Waals surface area (Å²) < 4.78 is 4.70. The van der Waals surface area contributed by atoms with Crippen LogP contribution in [0.15, 0.2) is 115 Å². The van der Waals surface area contributed by atoms with Crippen molar-refractivity contribution in [1.82, 2.24) is 9.55 Å². The predicted octanol–water partition coefficient (Wildman–Crippen LogP) is 5.95. The van der Waals surface area contributed by atoms with E-state index in [1.54, 1.807) is 28.0 Å². The molecule has 6 heteroatoms. The lowest BCUT2D eigenvalue weighted by Gasteiger charge is -2.13. The molecule has 0 saturated heterocycles. The molecule has 0 unspecified atom stereocenters. The highest BCUT2D eigenvalue weighted by Crippen LogP contribution is 2.39. The van der Waals surface area contributed by atoms with E-state index in [0.717, 1.165) is 20.6 Å². The summed E-state index contributed by atoms with van der Waals surface area (Å²) in [6.45, 7) is 0. The van der Waals surface area contributed by atoms with Gasteiger partial charge in [0.25, 0.3) is 5.65 Å². The summed E-state index contributed by atoms with van der Waals surface area (Å²) >= 11 is 1.56. The van der Waals surface area contributed by atoms with Gasteiger partial charge < -0.3 is 5.11 Å². The van der Waals surface area contributed by atoms with Gasteiger partial charge in [-0.15, -0.1) is 0 Å². The van der Waals surface area contributed by atoms with Crippen LogP contribution in [-0.2, 0) is 0 Å². The highest BCUT2D eigenvalue weighted by Gasteiger charge is 2.31. The second-order valence-corrected chi connectivity index (χ2v) is 9.79. The number of nitrogens with zero attached hydrogens (tertiary/aromatic N) is 3. The lowest BCUT2D eigenvalue weighted by Crippen LogP contribution is -2.25. The quantitative estimate of drug-likeness (QED) is 0.223. The zero-order chi connectivity index (χ0) is 24.9. The first-order valence-electron chi connectivity index (χ1n) is 11.9. The van der Waals surface area contributed by atoms with E-state index in [2.05, 4.69) is 10.5 Å². The summed E-state index contributed by atoms with van der Waals surface area (Å²) in [6, 6.07) is 36.4. The molecule has 5 nitrogen and oxygen atoms in total. The van der Waals surface area contributed by atoms with Crippen molar-refractivity contribution < 1.29 is 14.3 Å². The van der Waals surface area contributed by atoms with Crippen LogP contribution in [0.5, 0.6) is 5.88 Å². The molecule has 3 aromatic heterocycles. The fraction of sp³-hybridized carbons (Fsp3) is 0. The first-order valence-corrected chi connectivity index (χ1v) is 12.7. The molecule has 0 spiro atoms. The third kappa shape index (κ3) is 3.27. The van der Waals surface area contributed by atoms with Crippen LogP contribution in [0.3, 0.4) is 0 Å². The molecule has 0 atom stereocenters. The fourth-order valence-corrected chi connectivity index (χ4v) is 6.09. The second-order valence-electron chi connectivity index (χ2n) is 8.76. The van der Waals surface area contributed by atoms with Gasteiger partial charge in [0.1, 0.15) is 5.39 Å². The Kier molecular flexibility index (Phi) is 4.87. The zero-order valence-electron chi connectivity index (χ0n) is 19.5. The summed E-state index contributed by atoms with van der Waals surface area (Å²) in [5.74, 6) is 0.0416. The number of aromatic nitrogens is 3. The molecule has 0 amide bonds. The SMILES string of the molecule is O=C(c1ccccc1)c1c([O-])n(-c2ccccc2)c2nc(-c3ccccc3)[n+]3c4ccccc4sc3c12. The third-order valence-corrected chi connectivity index (χ3v) is 7.71. The maximum absolute atomic E-state index is 14.1. The van der Waals surface area contributed by atoms with Crippen LogP contribution >= 0.6 is 11.3 Å². The third-order valence-electron chi connectivity index (χ3n) is 6.57. The van der Waals surface area contributed by atoms with Crippen molar-refractivity contribution in [2.45, 2.75) is 0 Å². The average molecular weight is 498 g/mol. The number of hydrogen-bond donors (Lipinski definition) is 0. The highest BCUT2D eigenvalue weighted by atomic mass is 32.1. The minimum atomic E-state index is -0.368. The van der Waals surface area contributed by atoms with Crippen LogP contribution < -0.4 is 9.51 Å². The van der Waals surface area contributed by atoms with E-state index in [0.29, 0.717) is 28.1 Å². The summed E-state index contributed by atoms with van der Waals surface area (Å²) in [6.07, 6.45) is 0. The first kappa shape index (κ1) is 21.5. The molecular weight excluding hydrogens is 478 g/mol. The molecule has 0 aliphatic heterocycles. The molecule has 7 rings (SSSR count). The van der Waals surface area contributed by atoms with E-state index in [4.69, 9.17) is 4.98 Å². The number of carbonyl (C=O) groups is 1. The van der Waals surface area contributed by atoms with Crippen LogP contribution in [0, 0.1) is 0 Å². The molecule has 37 heavy (non-hydrogen) atoms. The number of ketones is 1. The van der Waals surface area contributed by atoms with E-state index >= 15 is 0 Å². The predicted molar refractivity (Wildman–Crippen MR) is 144 cm³/mol. The van der Waals surface area contributed by atoms with Crippen molar-refractivity contribution in [3.05, 3.63) is 126 Å². The maximum Gasteiger partial charge on any atom is 0.339 e. The molecule has 4 aromatic carbocycles. The van der Waals surface area contributed by atoms with Crippen LogP contribution in [0.1, 0.15) is 15.9 Å². The molecule has 0 fully saturated rings. The summed E-state index contributed by atoms with van der Waals surface area (Å²) in [4.78, 5) is 19.8. The van der Waals surface area contributed by atoms with Gasteiger partial charge in [-0.1, -0.05) is 90.2 Å². The summed E-state index contributed by atoms with van der Waals surface area (Å²) in [7, 11) is 0. The van der Waals surface area contributed by atoms with E-state index in [1.165, 1.54) is 0 Å². The zero-order valence-corrected chi connectivity index (χ0v) is 20.4. The first-order chi connectivity index (χ1) is 18.2. The lowest BCUT2D eigenvalue weighted by molar-refractivity contribution is -0.467. The Morgan fingerprint density at radius 3 is 2.14 bits per heavy atom. The van der Waals surface area contributed by atoms with Gasteiger partial charge >= 0.3 is 5.82 Å². The van der Waals surface area contributed by atoms with Crippen molar-refractivity contribution in [3.63, 3.8) is 0 Å². The number of para-hydroxylation sites is 2. The van der Waals surface area contributed by atoms with Gasteiger partial charge in [-0.2, -0.15) is 4.40 Å². The highest BCUT2D eigenvalue weighted by molar-refractivity contribution is 7.24. The Balaban J connectivity index is 1.70. The molecule has 0 saturated carbocycles. The largest absolute Gasteiger partial charge is 0.859 e. The Labute approximate surface area is 216 Å². The van der Waals surface area contributed by atoms with Gasteiger partial charge in [0.05, 0.1) is 15.8 Å². The molecule has 7 aromatic rings. The number of fused-ring (bicyclic) bond motifs is 5. The van der Waals surface area contributed by atoms with E-state index < -0.39 is 0 Å². The molecule has 3 heterocycles. The van der Waals surface area contributed by atoms with Gasteiger partial charge in [0.15, 0.2) is 11.3 Å². The molecule has 0 aliphatic rings. The van der Waals surface area contributed by atoms with Gasteiger partial charge in [0, 0.05) is 11.3 Å². The molecule has 0 bridgehead atoms. The van der Waals surface area contributed by atoms with Crippen molar-refractivity contribution in [1.29, 1.82) is 0 Å². The van der Waals surface area contributed by atoms with Crippen molar-refractivity contribution in [2.75, 3.05) is 0 Å². The van der Waals surface area contributed by atoms with Gasteiger partial charge in [-0.25, -0.2) is 0 Å². The standard InChI is InChI=1S/C31H19N3O2S/c35-27(20-12-4-1-5-13-20)25-26-29(33(30(25)36)22-16-8-3-9-17-22)32-28(21-14-6-2-7-15-21)34-23-18-10-11-19-24(23)37-31(26)34/h1-19H. The number of thiazole rings is 1. The number of carbonyl (C=O) groups excluding carboxylic acids is 1. The van der Waals surface area contributed by atoms with Gasteiger partial charge in [-0.3, -0.25) is 9.36 Å². The Morgan fingerprint density at radius 2 is 1.41 bits per heavy atom. The smallest absolute Gasteiger partial charge is 0.339 e.